The molecule has 0 bridgehead atoms. The average molecular weight is 511 g/mol. The number of rotatable bonds is 7. The topological polar surface area (TPSA) is 141 Å². The molecule has 192 valence electrons. The van der Waals surface area contributed by atoms with Crippen molar-refractivity contribution in [1.29, 1.82) is 0 Å². The summed E-state index contributed by atoms with van der Waals surface area (Å²) in [5.41, 5.74) is -0.962. The molecule has 4 rings (SSSR count). The first kappa shape index (κ1) is 29.2. The van der Waals surface area contributed by atoms with Crippen LogP contribution in [0.15, 0.2) is 23.3 Å². The molecule has 8 nitrogen and oxygen atoms in total. The van der Waals surface area contributed by atoms with Crippen LogP contribution in [-0.4, -0.2) is 52.0 Å². The molecule has 0 aliphatic heterocycles. The summed E-state index contributed by atoms with van der Waals surface area (Å²) in [5, 5.41) is 33.7. The number of carboxylic acids is 1. The number of ether oxygens (including phenoxy) is 1. The minimum Gasteiger partial charge on any atom is -0.550 e. The first-order valence-corrected chi connectivity index (χ1v) is 12.6. The van der Waals surface area contributed by atoms with Gasteiger partial charge in [0.1, 0.15) is 5.60 Å². The van der Waals surface area contributed by atoms with E-state index in [0.717, 1.165) is 24.0 Å². The van der Waals surface area contributed by atoms with Gasteiger partial charge in [0.15, 0.2) is 12.4 Å². The Morgan fingerprint density at radius 2 is 1.86 bits per heavy atom. The summed E-state index contributed by atoms with van der Waals surface area (Å²) in [5.74, 6) is -2.88. The van der Waals surface area contributed by atoms with Crippen LogP contribution in [0.5, 0.6) is 0 Å². The fraction of sp³-hybridized carbons (Fsp3) is 0.704. The first-order valence-electron chi connectivity index (χ1n) is 12.6. The van der Waals surface area contributed by atoms with E-state index in [4.69, 9.17) is 4.74 Å². The number of Topliss-reactive ketones (excluding diaryl/α,β-unsaturated/α-hetero) is 1. The van der Waals surface area contributed by atoms with Crippen LogP contribution in [0.1, 0.15) is 72.1 Å². The zero-order valence-corrected chi connectivity index (χ0v) is 23.7. The van der Waals surface area contributed by atoms with E-state index in [0.29, 0.717) is 12.8 Å². The standard InChI is InChI=1S/C27H36O8.Na/c1-4-15-11-17(28)12-16-5-6-18-19-9-10-27(34,21(30)14-35-23(33)8-7-22(31)32)25(19,2)13-20(29)24(18)26(15,16)3;/h11-12,18-20,24,29,34H,4-10,13-14H2,1-3H3,(H,31,32);/q;+1/p-1/t18?,19?,20?,24?,25-,26-,27-;/m0./s1. The van der Waals surface area contributed by atoms with Gasteiger partial charge >= 0.3 is 35.5 Å². The number of carbonyl (C=O) groups is 4. The fourth-order valence-electron chi connectivity index (χ4n) is 8.01. The van der Waals surface area contributed by atoms with E-state index in [1.807, 2.05) is 13.8 Å². The smallest absolute Gasteiger partial charge is 0.550 e. The SMILES string of the molecule is CCC1=CC(=O)C=C2CCC3C(C(O)C[C@@]4(C)C3CC[C@]4(O)C(=O)COC(=O)CCC(=O)[O-])[C@@]12C.[Na+]. The second-order valence-corrected chi connectivity index (χ2v) is 11.2. The number of carbonyl (C=O) groups excluding carboxylic acids is 4. The quantitative estimate of drug-likeness (QED) is 0.309. The third-order valence-corrected chi connectivity index (χ3v) is 9.73. The van der Waals surface area contributed by atoms with Gasteiger partial charge in [-0.1, -0.05) is 31.9 Å². The Morgan fingerprint density at radius 3 is 2.50 bits per heavy atom. The number of fused-ring (bicyclic) bond motifs is 5. The molecule has 0 saturated heterocycles. The minimum atomic E-state index is -1.75. The number of aliphatic hydroxyl groups is 2. The minimum absolute atomic E-state index is 0. The van der Waals surface area contributed by atoms with Crippen LogP contribution < -0.4 is 34.7 Å². The normalized spacial score (nSPS) is 39.0. The van der Waals surface area contributed by atoms with E-state index in [1.165, 1.54) is 0 Å². The maximum Gasteiger partial charge on any atom is 1.00 e. The molecular weight excluding hydrogens is 475 g/mol. The van der Waals surface area contributed by atoms with Crippen LogP contribution in [-0.2, 0) is 23.9 Å². The van der Waals surface area contributed by atoms with Crippen molar-refractivity contribution in [3.8, 4) is 0 Å². The van der Waals surface area contributed by atoms with Crippen molar-refractivity contribution in [2.24, 2.45) is 28.6 Å². The molecule has 9 heteroatoms. The Morgan fingerprint density at radius 1 is 1.17 bits per heavy atom. The molecule has 3 fully saturated rings. The van der Waals surface area contributed by atoms with Gasteiger partial charge in [0.25, 0.3) is 0 Å². The maximum atomic E-state index is 13.2. The van der Waals surface area contributed by atoms with E-state index in [-0.39, 0.29) is 65.9 Å². The van der Waals surface area contributed by atoms with E-state index in [9.17, 15) is 34.5 Å². The molecule has 4 aliphatic carbocycles. The van der Waals surface area contributed by atoms with E-state index in [1.54, 1.807) is 12.2 Å². The van der Waals surface area contributed by atoms with E-state index >= 15 is 0 Å². The summed E-state index contributed by atoms with van der Waals surface area (Å²) < 4.78 is 4.97. The van der Waals surface area contributed by atoms with Crippen LogP contribution in [0.25, 0.3) is 0 Å². The van der Waals surface area contributed by atoms with Gasteiger partial charge in [-0.15, -0.1) is 0 Å². The number of ketones is 2. The van der Waals surface area contributed by atoms with Crippen molar-refractivity contribution in [1.82, 2.24) is 0 Å². The zero-order valence-electron chi connectivity index (χ0n) is 21.7. The summed E-state index contributed by atoms with van der Waals surface area (Å²) in [6.45, 7) is 5.37. The Hall–Kier alpha value is -1.32. The largest absolute Gasteiger partial charge is 1.00 e. The van der Waals surface area contributed by atoms with Crippen LogP contribution in [0.4, 0.5) is 0 Å². The van der Waals surface area contributed by atoms with Gasteiger partial charge in [-0.3, -0.25) is 14.4 Å². The summed E-state index contributed by atoms with van der Waals surface area (Å²) in [7, 11) is 0. The van der Waals surface area contributed by atoms with Gasteiger partial charge in [-0.05, 0) is 68.9 Å². The Bertz CT molecular complexity index is 999. The van der Waals surface area contributed by atoms with Gasteiger partial charge in [0, 0.05) is 22.7 Å². The number of hydrogen-bond acceptors (Lipinski definition) is 8. The monoisotopic (exact) mass is 510 g/mol. The predicted octanol–water partition coefficient (Wildman–Crippen LogP) is -1.58. The number of esters is 1. The number of aliphatic hydroxyl groups excluding tert-OH is 1. The summed E-state index contributed by atoms with van der Waals surface area (Å²) in [6.07, 6.45) is 5.03. The molecule has 0 aromatic carbocycles. The molecule has 0 spiro atoms. The van der Waals surface area contributed by atoms with Gasteiger partial charge in [-0.25, -0.2) is 0 Å². The van der Waals surface area contributed by atoms with Crippen molar-refractivity contribution in [2.75, 3.05) is 6.61 Å². The Balaban J connectivity index is 0.00000361. The second kappa shape index (κ2) is 10.4. The van der Waals surface area contributed by atoms with Gasteiger partial charge in [0.2, 0.25) is 5.78 Å². The molecule has 4 aliphatic rings. The number of aliphatic carboxylic acids is 1. The molecule has 7 atom stereocenters. The van der Waals surface area contributed by atoms with E-state index < -0.39 is 59.7 Å². The molecule has 0 radical (unpaired) electrons. The predicted molar refractivity (Wildman–Crippen MR) is 122 cm³/mol. The molecule has 3 saturated carbocycles. The van der Waals surface area contributed by atoms with Gasteiger partial charge < -0.3 is 24.9 Å². The summed E-state index contributed by atoms with van der Waals surface area (Å²) in [6, 6.07) is 0. The van der Waals surface area contributed by atoms with Crippen LogP contribution in [0.2, 0.25) is 0 Å². The van der Waals surface area contributed by atoms with Crippen LogP contribution >= 0.6 is 0 Å². The molecule has 4 unspecified atom stereocenters. The molecular formula is C27H35NaO8. The number of carboxylic acid groups (broad SMARTS) is 1. The summed E-state index contributed by atoms with van der Waals surface area (Å²) in [4.78, 5) is 47.8. The molecule has 0 amide bonds. The number of hydrogen-bond donors (Lipinski definition) is 2. The van der Waals surface area contributed by atoms with Gasteiger partial charge in [-0.2, -0.15) is 0 Å². The van der Waals surface area contributed by atoms with E-state index in [2.05, 4.69) is 6.92 Å². The average Bonchev–Trinajstić information content (AvgIpc) is 3.06. The molecule has 0 heterocycles. The summed E-state index contributed by atoms with van der Waals surface area (Å²) >= 11 is 0. The van der Waals surface area contributed by atoms with Crippen molar-refractivity contribution < 1.29 is 68.8 Å². The number of allylic oxidation sites excluding steroid dienone is 4. The van der Waals surface area contributed by atoms with Crippen molar-refractivity contribution in [3.63, 3.8) is 0 Å². The molecule has 2 N–H and O–H groups in total. The maximum absolute atomic E-state index is 13.2. The molecule has 0 aromatic heterocycles. The fourth-order valence-corrected chi connectivity index (χ4v) is 8.01. The van der Waals surface area contributed by atoms with Crippen molar-refractivity contribution in [2.45, 2.75) is 83.8 Å². The molecule has 36 heavy (non-hydrogen) atoms. The van der Waals surface area contributed by atoms with Gasteiger partial charge in [0.05, 0.1) is 12.5 Å². The molecule has 0 aromatic rings. The Labute approximate surface area is 233 Å². The van der Waals surface area contributed by atoms with Crippen LogP contribution in [0, 0.1) is 28.6 Å². The zero-order chi connectivity index (χ0) is 25.8. The third kappa shape index (κ3) is 4.47. The second-order valence-electron chi connectivity index (χ2n) is 11.2. The third-order valence-electron chi connectivity index (χ3n) is 9.73. The van der Waals surface area contributed by atoms with Crippen molar-refractivity contribution >= 4 is 23.5 Å². The van der Waals surface area contributed by atoms with Crippen LogP contribution in [0.3, 0.4) is 0 Å². The van der Waals surface area contributed by atoms with Crippen molar-refractivity contribution in [3.05, 3.63) is 23.3 Å². The Kier molecular flexibility index (Phi) is 8.48. The first-order chi connectivity index (χ1) is 16.4.